The van der Waals surface area contributed by atoms with E-state index < -0.39 is 0 Å². The number of hydrogen-bond donors (Lipinski definition) is 1. The summed E-state index contributed by atoms with van der Waals surface area (Å²) in [6, 6.07) is 8.05. The van der Waals surface area contributed by atoms with E-state index >= 15 is 0 Å². The van der Waals surface area contributed by atoms with Crippen LogP contribution in [0.4, 0.5) is 5.82 Å². The molecule has 0 aliphatic heterocycles. The van der Waals surface area contributed by atoms with Crippen LogP contribution in [0.3, 0.4) is 0 Å². The fourth-order valence-electron chi connectivity index (χ4n) is 2.41. The monoisotopic (exact) mass is 238 g/mol. The number of pyridine rings is 1. The van der Waals surface area contributed by atoms with Crippen molar-refractivity contribution in [2.75, 3.05) is 5.73 Å². The van der Waals surface area contributed by atoms with E-state index in [4.69, 9.17) is 5.73 Å². The van der Waals surface area contributed by atoms with Crippen molar-refractivity contribution in [2.24, 2.45) is 0 Å². The lowest BCUT2D eigenvalue weighted by atomic mass is 9.92. The minimum atomic E-state index is 0.218. The molecule has 3 nitrogen and oxygen atoms in total. The molecule has 3 rings (SSSR count). The molecule has 0 saturated heterocycles. The van der Waals surface area contributed by atoms with Crippen LogP contribution in [0.1, 0.15) is 24.8 Å². The van der Waals surface area contributed by atoms with Crippen molar-refractivity contribution >= 4 is 27.9 Å². The van der Waals surface area contributed by atoms with Crippen LogP contribution in [-0.2, 0) is 4.79 Å². The van der Waals surface area contributed by atoms with Crippen molar-refractivity contribution in [3.05, 3.63) is 42.1 Å². The molecule has 0 atom stereocenters. The van der Waals surface area contributed by atoms with E-state index in [2.05, 4.69) is 4.98 Å². The molecule has 0 bridgehead atoms. The Hall–Kier alpha value is -2.16. The third-order valence-electron chi connectivity index (χ3n) is 3.37. The minimum Gasteiger partial charge on any atom is -0.383 e. The number of carbonyl (C=O) groups excluding carboxylic acids is 1. The van der Waals surface area contributed by atoms with E-state index in [-0.39, 0.29) is 5.78 Å². The number of allylic oxidation sites excluding steroid dienone is 2. The van der Waals surface area contributed by atoms with Crippen LogP contribution in [0.15, 0.2) is 36.5 Å². The molecule has 90 valence electrons. The van der Waals surface area contributed by atoms with Crippen molar-refractivity contribution in [1.82, 2.24) is 4.98 Å². The predicted octanol–water partition coefficient (Wildman–Crippen LogP) is 2.95. The third-order valence-corrected chi connectivity index (χ3v) is 3.37. The second-order valence-electron chi connectivity index (χ2n) is 4.62. The van der Waals surface area contributed by atoms with Gasteiger partial charge in [0.05, 0.1) is 0 Å². The number of aromatic nitrogens is 1. The lowest BCUT2D eigenvalue weighted by Gasteiger charge is -2.13. The van der Waals surface area contributed by atoms with Crippen LogP contribution in [0.5, 0.6) is 0 Å². The summed E-state index contributed by atoms with van der Waals surface area (Å²) in [4.78, 5) is 15.6. The van der Waals surface area contributed by atoms with Gasteiger partial charge in [-0.3, -0.25) is 4.79 Å². The molecule has 2 N–H and O–H groups in total. The second-order valence-corrected chi connectivity index (χ2v) is 4.62. The van der Waals surface area contributed by atoms with Gasteiger partial charge in [0.1, 0.15) is 5.82 Å². The average Bonchev–Trinajstić information content (AvgIpc) is 2.39. The summed E-state index contributed by atoms with van der Waals surface area (Å²) in [5, 5.41) is 2.03. The molecule has 18 heavy (non-hydrogen) atoms. The van der Waals surface area contributed by atoms with Gasteiger partial charge in [-0.05, 0) is 47.6 Å². The number of nitrogens with two attached hydrogens (primary N) is 1. The van der Waals surface area contributed by atoms with Crippen LogP contribution >= 0.6 is 0 Å². The number of anilines is 1. The number of benzene rings is 1. The van der Waals surface area contributed by atoms with Gasteiger partial charge in [-0.25, -0.2) is 4.98 Å². The van der Waals surface area contributed by atoms with Crippen LogP contribution in [-0.4, -0.2) is 10.8 Å². The fraction of sp³-hybridized carbons (Fsp3) is 0.200. The van der Waals surface area contributed by atoms with E-state index in [0.29, 0.717) is 12.2 Å². The van der Waals surface area contributed by atoms with Crippen molar-refractivity contribution in [2.45, 2.75) is 19.3 Å². The quantitative estimate of drug-likeness (QED) is 0.831. The lowest BCUT2D eigenvalue weighted by Crippen LogP contribution is -2.02. The Morgan fingerprint density at radius 2 is 2.06 bits per heavy atom. The molecule has 1 aliphatic carbocycles. The van der Waals surface area contributed by atoms with Gasteiger partial charge in [0, 0.05) is 18.0 Å². The molecule has 1 heterocycles. The highest BCUT2D eigenvalue weighted by Gasteiger charge is 2.12. The van der Waals surface area contributed by atoms with Crippen molar-refractivity contribution in [3.63, 3.8) is 0 Å². The van der Waals surface area contributed by atoms with Crippen molar-refractivity contribution in [1.29, 1.82) is 0 Å². The van der Waals surface area contributed by atoms with Gasteiger partial charge in [-0.15, -0.1) is 0 Å². The number of rotatable bonds is 1. The molecule has 3 heteroatoms. The first kappa shape index (κ1) is 11.0. The Bertz CT molecular complexity index is 659. The van der Waals surface area contributed by atoms with E-state index in [1.165, 1.54) is 0 Å². The number of ketones is 1. The zero-order valence-electron chi connectivity index (χ0n) is 10.0. The highest BCUT2D eigenvalue weighted by molar-refractivity contribution is 6.00. The van der Waals surface area contributed by atoms with Gasteiger partial charge in [-0.2, -0.15) is 0 Å². The molecule has 0 fully saturated rings. The van der Waals surface area contributed by atoms with Crippen LogP contribution in [0.2, 0.25) is 0 Å². The Labute approximate surface area is 105 Å². The Morgan fingerprint density at radius 1 is 1.17 bits per heavy atom. The largest absolute Gasteiger partial charge is 0.383 e. The molecule has 0 radical (unpaired) electrons. The lowest BCUT2D eigenvalue weighted by molar-refractivity contribution is -0.114. The summed E-state index contributed by atoms with van der Waals surface area (Å²) in [5.74, 6) is 0.757. The first-order valence-electron chi connectivity index (χ1n) is 6.12. The van der Waals surface area contributed by atoms with Gasteiger partial charge in [0.15, 0.2) is 5.78 Å². The summed E-state index contributed by atoms with van der Waals surface area (Å²) in [5.41, 5.74) is 8.07. The molecule has 0 unspecified atom stereocenters. The summed E-state index contributed by atoms with van der Waals surface area (Å²) >= 11 is 0. The van der Waals surface area contributed by atoms with Gasteiger partial charge in [0.2, 0.25) is 0 Å². The Balaban J connectivity index is 2.13. The smallest absolute Gasteiger partial charge is 0.155 e. The zero-order valence-corrected chi connectivity index (χ0v) is 10.0. The molecule has 0 saturated carbocycles. The molecule has 1 aromatic carbocycles. The van der Waals surface area contributed by atoms with E-state index in [1.807, 2.05) is 24.3 Å². The minimum absolute atomic E-state index is 0.218. The summed E-state index contributed by atoms with van der Waals surface area (Å²) < 4.78 is 0. The summed E-state index contributed by atoms with van der Waals surface area (Å²) in [6.45, 7) is 0. The topological polar surface area (TPSA) is 56.0 Å². The number of carbonyl (C=O) groups is 1. The normalized spacial score (nSPS) is 15.8. The van der Waals surface area contributed by atoms with Gasteiger partial charge >= 0.3 is 0 Å². The number of hydrogen-bond acceptors (Lipinski definition) is 3. The van der Waals surface area contributed by atoms with Crippen molar-refractivity contribution < 1.29 is 4.79 Å². The Morgan fingerprint density at radius 3 is 2.89 bits per heavy atom. The van der Waals surface area contributed by atoms with Gasteiger partial charge in [0.25, 0.3) is 0 Å². The summed E-state index contributed by atoms with van der Waals surface area (Å²) in [6.07, 6.45) is 6.03. The molecule has 0 spiro atoms. The highest BCUT2D eigenvalue weighted by Crippen LogP contribution is 2.29. The molecular formula is C15H14N2O. The van der Waals surface area contributed by atoms with E-state index in [9.17, 15) is 4.79 Å². The van der Waals surface area contributed by atoms with Gasteiger partial charge < -0.3 is 5.73 Å². The van der Waals surface area contributed by atoms with E-state index in [0.717, 1.165) is 34.8 Å². The Kier molecular flexibility index (Phi) is 2.59. The number of fused-ring (bicyclic) bond motifs is 1. The van der Waals surface area contributed by atoms with Gasteiger partial charge in [-0.1, -0.05) is 12.1 Å². The standard InChI is InChI=1S/C15H14N2O/c16-15-14-9-12(5-4-10(14)6-7-17-15)11-2-1-3-13(18)8-11/h4-9H,1-3H2,(H2,16,17). The maximum Gasteiger partial charge on any atom is 0.155 e. The number of nitrogens with zero attached hydrogens (tertiary/aromatic N) is 1. The highest BCUT2D eigenvalue weighted by atomic mass is 16.1. The second kappa shape index (κ2) is 4.26. The molecule has 0 amide bonds. The number of nitrogen functional groups attached to an aromatic ring is 1. The zero-order chi connectivity index (χ0) is 12.5. The molecule has 2 aromatic rings. The van der Waals surface area contributed by atoms with E-state index in [1.54, 1.807) is 12.3 Å². The maximum absolute atomic E-state index is 11.5. The predicted molar refractivity (Wildman–Crippen MR) is 73.0 cm³/mol. The molecule has 1 aromatic heterocycles. The van der Waals surface area contributed by atoms with Crippen LogP contribution in [0, 0.1) is 0 Å². The summed E-state index contributed by atoms with van der Waals surface area (Å²) in [7, 11) is 0. The van der Waals surface area contributed by atoms with Crippen molar-refractivity contribution in [3.8, 4) is 0 Å². The fourth-order valence-corrected chi connectivity index (χ4v) is 2.41. The average molecular weight is 238 g/mol. The molecular weight excluding hydrogens is 224 g/mol. The third kappa shape index (κ3) is 1.88. The maximum atomic E-state index is 11.5. The first-order chi connectivity index (χ1) is 8.74. The van der Waals surface area contributed by atoms with Crippen LogP contribution < -0.4 is 5.73 Å². The molecule has 1 aliphatic rings. The SMILES string of the molecule is Nc1nccc2ccc(C3=CC(=O)CCC3)cc12. The first-order valence-corrected chi connectivity index (χ1v) is 6.12. The van der Waals surface area contributed by atoms with Crippen LogP contribution in [0.25, 0.3) is 16.3 Å².